The van der Waals surface area contributed by atoms with E-state index >= 15 is 0 Å². The van der Waals surface area contributed by atoms with Crippen molar-refractivity contribution in [3.05, 3.63) is 99.5 Å². The van der Waals surface area contributed by atoms with Crippen molar-refractivity contribution in [3.8, 4) is 11.5 Å². The van der Waals surface area contributed by atoms with Crippen LogP contribution in [0.25, 0.3) is 0 Å². The van der Waals surface area contributed by atoms with Crippen molar-refractivity contribution in [3.63, 3.8) is 0 Å². The molecule has 166 valence electrons. The first-order chi connectivity index (χ1) is 15.8. The number of amides is 1. The van der Waals surface area contributed by atoms with Crippen LogP contribution in [0, 0.1) is 11.8 Å². The number of hydrogen-bond donors (Lipinski definition) is 0. The number of benzene rings is 3. The summed E-state index contributed by atoms with van der Waals surface area (Å²) < 4.78 is 15.2. The van der Waals surface area contributed by atoms with E-state index in [2.05, 4.69) is 9.91 Å². The Morgan fingerprint density at radius 2 is 1.18 bits per heavy atom. The average Bonchev–Trinajstić information content (AvgIpc) is 2.84. The first-order valence-electron chi connectivity index (χ1n) is 9.53. The lowest BCUT2D eigenvalue weighted by atomic mass is 10.1. The molecule has 0 radical (unpaired) electrons. The zero-order valence-electron chi connectivity index (χ0n) is 17.6. The number of nitroso groups, excluding NO2 is 1. The standard InChI is InChI=1S/C24H17NO8/c1-14-13-18(24(29)32-19-10-7-15(8-11-19)21(26)25-30)9-12-20(14)33-23(28)17-5-3-16(4-6-17)22(27)31-2/h3-13H,1-2H3. The molecular formula is C24H17NO8. The summed E-state index contributed by atoms with van der Waals surface area (Å²) in [6.07, 6.45) is 0. The van der Waals surface area contributed by atoms with Gasteiger partial charge in [-0.05, 0) is 79.2 Å². The van der Waals surface area contributed by atoms with Gasteiger partial charge in [-0.1, -0.05) is 0 Å². The van der Waals surface area contributed by atoms with Crippen LogP contribution in [0.1, 0.15) is 47.0 Å². The molecule has 0 saturated heterocycles. The molecule has 33 heavy (non-hydrogen) atoms. The summed E-state index contributed by atoms with van der Waals surface area (Å²) in [5.74, 6) is -2.32. The molecular weight excluding hydrogens is 430 g/mol. The van der Waals surface area contributed by atoms with Gasteiger partial charge < -0.3 is 14.2 Å². The molecule has 3 rings (SSSR count). The molecule has 0 unspecified atom stereocenters. The van der Waals surface area contributed by atoms with Crippen molar-refractivity contribution in [2.24, 2.45) is 5.18 Å². The van der Waals surface area contributed by atoms with Crippen LogP contribution in [0.2, 0.25) is 0 Å². The van der Waals surface area contributed by atoms with Gasteiger partial charge in [0.1, 0.15) is 11.5 Å². The number of aryl methyl sites for hydroxylation is 1. The van der Waals surface area contributed by atoms with Gasteiger partial charge in [0.05, 0.1) is 23.8 Å². The second kappa shape index (κ2) is 10.1. The van der Waals surface area contributed by atoms with Crippen molar-refractivity contribution in [1.82, 2.24) is 0 Å². The molecule has 0 aliphatic carbocycles. The summed E-state index contributed by atoms with van der Waals surface area (Å²) in [7, 11) is 1.26. The van der Waals surface area contributed by atoms with E-state index in [1.54, 1.807) is 6.92 Å². The van der Waals surface area contributed by atoms with E-state index in [0.29, 0.717) is 11.1 Å². The number of rotatable bonds is 6. The molecule has 9 nitrogen and oxygen atoms in total. The van der Waals surface area contributed by atoms with Gasteiger partial charge in [-0.3, -0.25) is 4.79 Å². The Hall–Kier alpha value is -4.66. The maximum absolute atomic E-state index is 12.4. The highest BCUT2D eigenvalue weighted by atomic mass is 16.5. The Kier molecular flexibility index (Phi) is 7.04. The molecule has 0 fully saturated rings. The molecule has 0 spiro atoms. The minimum Gasteiger partial charge on any atom is -0.465 e. The fraction of sp³-hybridized carbons (Fsp3) is 0.0833. The molecule has 0 saturated carbocycles. The molecule has 3 aromatic carbocycles. The monoisotopic (exact) mass is 447 g/mol. The maximum atomic E-state index is 12.4. The van der Waals surface area contributed by atoms with E-state index in [0.717, 1.165) is 0 Å². The second-order valence-corrected chi connectivity index (χ2v) is 6.75. The van der Waals surface area contributed by atoms with Crippen LogP contribution in [0.5, 0.6) is 11.5 Å². The van der Waals surface area contributed by atoms with Gasteiger partial charge >= 0.3 is 23.8 Å². The van der Waals surface area contributed by atoms with Gasteiger partial charge in [0.25, 0.3) is 0 Å². The summed E-state index contributed by atoms with van der Waals surface area (Å²) in [4.78, 5) is 57.8. The van der Waals surface area contributed by atoms with Crippen LogP contribution >= 0.6 is 0 Å². The SMILES string of the molecule is COC(=O)c1ccc(C(=O)Oc2ccc(C(=O)Oc3ccc(C(=O)N=O)cc3)cc2C)cc1. The number of ether oxygens (including phenoxy) is 3. The highest BCUT2D eigenvalue weighted by Gasteiger charge is 2.15. The fourth-order valence-corrected chi connectivity index (χ4v) is 2.79. The minimum absolute atomic E-state index is 0.0757. The van der Waals surface area contributed by atoms with Crippen molar-refractivity contribution in [2.45, 2.75) is 6.92 Å². The van der Waals surface area contributed by atoms with Crippen molar-refractivity contribution < 1.29 is 33.4 Å². The van der Waals surface area contributed by atoms with Crippen LogP contribution in [0.3, 0.4) is 0 Å². The molecule has 0 heterocycles. The van der Waals surface area contributed by atoms with Crippen LogP contribution in [0.4, 0.5) is 0 Å². The summed E-state index contributed by atoms with van der Waals surface area (Å²) in [6.45, 7) is 1.66. The molecule has 0 N–H and O–H groups in total. The van der Waals surface area contributed by atoms with Crippen LogP contribution in [-0.2, 0) is 4.74 Å². The van der Waals surface area contributed by atoms with Crippen molar-refractivity contribution in [2.75, 3.05) is 7.11 Å². The van der Waals surface area contributed by atoms with Gasteiger partial charge in [0, 0.05) is 10.7 Å². The largest absolute Gasteiger partial charge is 0.465 e. The first kappa shape index (κ1) is 23.0. The number of nitrogens with zero attached hydrogens (tertiary/aromatic N) is 1. The Labute approximate surface area is 187 Å². The minimum atomic E-state index is -0.923. The fourth-order valence-electron chi connectivity index (χ4n) is 2.79. The number of carbonyl (C=O) groups excluding carboxylic acids is 4. The normalized spacial score (nSPS) is 10.1. The van der Waals surface area contributed by atoms with Gasteiger partial charge in [-0.2, -0.15) is 0 Å². The van der Waals surface area contributed by atoms with Crippen LogP contribution in [-0.4, -0.2) is 30.9 Å². The van der Waals surface area contributed by atoms with E-state index in [1.807, 2.05) is 0 Å². The second-order valence-electron chi connectivity index (χ2n) is 6.75. The predicted molar refractivity (Wildman–Crippen MR) is 115 cm³/mol. The van der Waals surface area contributed by atoms with Crippen molar-refractivity contribution in [1.29, 1.82) is 0 Å². The molecule has 0 aliphatic rings. The Bertz CT molecular complexity index is 1230. The Balaban J connectivity index is 1.67. The topological polar surface area (TPSA) is 125 Å². The predicted octanol–water partition coefficient (Wildman–Crippen LogP) is 4.13. The highest BCUT2D eigenvalue weighted by Crippen LogP contribution is 2.22. The molecule has 3 aromatic rings. The number of carbonyl (C=O) groups is 4. The molecule has 0 bridgehead atoms. The third-order valence-electron chi connectivity index (χ3n) is 4.55. The lowest BCUT2D eigenvalue weighted by Crippen LogP contribution is -2.12. The summed E-state index contributed by atoms with van der Waals surface area (Å²) in [6, 6.07) is 15.6. The molecule has 0 aliphatic heterocycles. The van der Waals surface area contributed by atoms with E-state index in [9.17, 15) is 24.1 Å². The number of methoxy groups -OCH3 is 1. The first-order valence-corrected chi connectivity index (χ1v) is 9.53. The molecule has 9 heteroatoms. The third-order valence-corrected chi connectivity index (χ3v) is 4.55. The molecule has 0 aromatic heterocycles. The van der Waals surface area contributed by atoms with Crippen LogP contribution < -0.4 is 9.47 Å². The van der Waals surface area contributed by atoms with Gasteiger partial charge in [0.15, 0.2) is 0 Å². The highest BCUT2D eigenvalue weighted by molar-refractivity contribution is 5.96. The lowest BCUT2D eigenvalue weighted by molar-refractivity contribution is 0.0598. The maximum Gasteiger partial charge on any atom is 0.343 e. The molecule has 1 amide bonds. The van der Waals surface area contributed by atoms with E-state index in [4.69, 9.17) is 9.47 Å². The average molecular weight is 447 g/mol. The zero-order valence-corrected chi connectivity index (χ0v) is 17.6. The Morgan fingerprint density at radius 3 is 1.73 bits per heavy atom. The third kappa shape index (κ3) is 5.53. The van der Waals surface area contributed by atoms with Gasteiger partial charge in [-0.25, -0.2) is 14.4 Å². The summed E-state index contributed by atoms with van der Waals surface area (Å²) in [5, 5.41) is 2.32. The van der Waals surface area contributed by atoms with E-state index in [-0.39, 0.29) is 28.2 Å². The lowest BCUT2D eigenvalue weighted by Gasteiger charge is -2.10. The quantitative estimate of drug-likeness (QED) is 0.314. The van der Waals surface area contributed by atoms with Gasteiger partial charge in [0.2, 0.25) is 0 Å². The van der Waals surface area contributed by atoms with E-state index in [1.165, 1.54) is 73.8 Å². The number of hydrogen-bond acceptors (Lipinski definition) is 8. The summed E-state index contributed by atoms with van der Waals surface area (Å²) >= 11 is 0. The van der Waals surface area contributed by atoms with E-state index < -0.39 is 23.8 Å². The molecule has 0 atom stereocenters. The summed E-state index contributed by atoms with van der Waals surface area (Å²) in [5.41, 5.74) is 1.34. The Morgan fingerprint density at radius 1 is 0.667 bits per heavy atom. The van der Waals surface area contributed by atoms with Gasteiger partial charge in [-0.15, -0.1) is 4.91 Å². The smallest absolute Gasteiger partial charge is 0.343 e. The zero-order chi connectivity index (χ0) is 24.0. The van der Waals surface area contributed by atoms with Crippen LogP contribution in [0.15, 0.2) is 71.9 Å². The van der Waals surface area contributed by atoms with Crippen molar-refractivity contribution >= 4 is 23.8 Å². The number of esters is 3.